The van der Waals surface area contributed by atoms with Crippen molar-refractivity contribution < 1.29 is 19.1 Å². The summed E-state index contributed by atoms with van der Waals surface area (Å²) in [6.07, 6.45) is 3.12. The molecule has 3 amide bonds. The number of rotatable bonds is 7. The minimum atomic E-state index is -0.447. The largest absolute Gasteiger partial charge is 0.490 e. The molecule has 122 valence electrons. The summed E-state index contributed by atoms with van der Waals surface area (Å²) >= 11 is 0. The maximum absolute atomic E-state index is 12.2. The highest BCUT2D eigenvalue weighted by Crippen LogP contribution is 2.29. The van der Waals surface area contributed by atoms with E-state index in [2.05, 4.69) is 11.9 Å². The molecule has 1 aromatic rings. The molecule has 0 saturated carbocycles. The predicted octanol–water partition coefficient (Wildman–Crippen LogP) is 2.56. The van der Waals surface area contributed by atoms with Crippen molar-refractivity contribution in [2.45, 2.75) is 13.8 Å². The third kappa shape index (κ3) is 3.71. The Morgan fingerprint density at radius 3 is 2.52 bits per heavy atom. The molecule has 1 aromatic carbocycles. The fraction of sp³-hybridized carbons (Fsp3) is 0.294. The van der Waals surface area contributed by atoms with Gasteiger partial charge in [0.1, 0.15) is 5.70 Å². The lowest BCUT2D eigenvalue weighted by atomic mass is 10.1. The van der Waals surface area contributed by atoms with Gasteiger partial charge in [0, 0.05) is 6.54 Å². The average molecular weight is 316 g/mol. The molecule has 1 saturated heterocycles. The smallest absolute Gasteiger partial charge is 0.329 e. The Hall–Kier alpha value is -2.76. The molecule has 1 aliphatic rings. The normalized spacial score (nSPS) is 15.7. The van der Waals surface area contributed by atoms with Gasteiger partial charge in [-0.1, -0.05) is 12.1 Å². The van der Waals surface area contributed by atoms with Gasteiger partial charge < -0.3 is 14.8 Å². The molecule has 0 spiro atoms. The van der Waals surface area contributed by atoms with Crippen LogP contribution in [-0.2, 0) is 4.79 Å². The summed E-state index contributed by atoms with van der Waals surface area (Å²) in [6, 6.07) is 4.91. The van der Waals surface area contributed by atoms with Crippen molar-refractivity contribution in [2.24, 2.45) is 0 Å². The van der Waals surface area contributed by atoms with E-state index in [-0.39, 0.29) is 18.1 Å². The Morgan fingerprint density at radius 2 is 1.87 bits per heavy atom. The van der Waals surface area contributed by atoms with Gasteiger partial charge >= 0.3 is 6.03 Å². The summed E-state index contributed by atoms with van der Waals surface area (Å²) in [5.41, 5.74) is 0.962. The second-order valence-electron chi connectivity index (χ2n) is 4.76. The molecule has 23 heavy (non-hydrogen) atoms. The zero-order chi connectivity index (χ0) is 16.8. The lowest BCUT2D eigenvalue weighted by Gasteiger charge is -2.11. The van der Waals surface area contributed by atoms with Crippen LogP contribution in [0.1, 0.15) is 19.4 Å². The van der Waals surface area contributed by atoms with Crippen molar-refractivity contribution in [2.75, 3.05) is 19.8 Å². The topological polar surface area (TPSA) is 67.9 Å². The van der Waals surface area contributed by atoms with Crippen LogP contribution in [0.3, 0.4) is 0 Å². The first-order valence-corrected chi connectivity index (χ1v) is 7.45. The fourth-order valence-electron chi connectivity index (χ4n) is 2.19. The van der Waals surface area contributed by atoms with Crippen molar-refractivity contribution in [1.82, 2.24) is 10.2 Å². The van der Waals surface area contributed by atoms with Crippen molar-refractivity contribution >= 4 is 18.0 Å². The van der Waals surface area contributed by atoms with Crippen LogP contribution in [0.15, 0.2) is 36.6 Å². The number of nitrogens with one attached hydrogen (secondary N) is 1. The number of imide groups is 1. The van der Waals surface area contributed by atoms with Gasteiger partial charge in [0.15, 0.2) is 11.5 Å². The first-order chi connectivity index (χ1) is 11.1. The van der Waals surface area contributed by atoms with E-state index in [9.17, 15) is 9.59 Å². The first kappa shape index (κ1) is 16.6. The molecule has 2 rings (SSSR count). The van der Waals surface area contributed by atoms with Gasteiger partial charge in [-0.2, -0.15) is 0 Å². The highest BCUT2D eigenvalue weighted by molar-refractivity contribution is 6.14. The van der Waals surface area contributed by atoms with Gasteiger partial charge in [0.25, 0.3) is 5.91 Å². The maximum Gasteiger partial charge on any atom is 0.329 e. The SMILES string of the molecule is C=CCN1C(=O)N/C(=C/c2ccc(OCC)c(OCC)c2)C1=O. The predicted molar refractivity (Wildman–Crippen MR) is 87.2 cm³/mol. The molecular weight excluding hydrogens is 296 g/mol. The molecule has 0 aliphatic carbocycles. The summed E-state index contributed by atoms with van der Waals surface area (Å²) in [5.74, 6) is 0.872. The highest BCUT2D eigenvalue weighted by Gasteiger charge is 2.32. The van der Waals surface area contributed by atoms with Crippen molar-refractivity contribution in [1.29, 1.82) is 0 Å². The van der Waals surface area contributed by atoms with Crippen molar-refractivity contribution in [3.8, 4) is 11.5 Å². The Bertz CT molecular complexity index is 652. The molecule has 1 aliphatic heterocycles. The lowest BCUT2D eigenvalue weighted by molar-refractivity contribution is -0.122. The third-order valence-electron chi connectivity index (χ3n) is 3.15. The average Bonchev–Trinajstić information content (AvgIpc) is 2.78. The number of hydrogen-bond acceptors (Lipinski definition) is 4. The summed E-state index contributed by atoms with van der Waals surface area (Å²) in [4.78, 5) is 25.0. The molecule has 6 nitrogen and oxygen atoms in total. The third-order valence-corrected chi connectivity index (χ3v) is 3.15. The van der Waals surface area contributed by atoms with Crippen LogP contribution in [0.5, 0.6) is 11.5 Å². The molecule has 0 radical (unpaired) electrons. The van der Waals surface area contributed by atoms with Gasteiger partial charge in [-0.05, 0) is 37.6 Å². The zero-order valence-corrected chi connectivity index (χ0v) is 13.3. The first-order valence-electron chi connectivity index (χ1n) is 7.45. The number of hydrogen-bond donors (Lipinski definition) is 1. The molecule has 0 unspecified atom stereocenters. The van der Waals surface area contributed by atoms with Crippen LogP contribution in [0.4, 0.5) is 4.79 Å². The standard InChI is InChI=1S/C17H20N2O4/c1-4-9-19-16(20)13(18-17(19)21)10-12-7-8-14(22-5-2)15(11-12)23-6-3/h4,7-8,10-11H,1,5-6,9H2,2-3H3,(H,18,21)/b13-10+. The summed E-state index contributed by atoms with van der Waals surface area (Å²) < 4.78 is 11.1. The van der Waals surface area contributed by atoms with Crippen molar-refractivity contribution in [3.05, 3.63) is 42.1 Å². The number of carbonyl (C=O) groups is 2. The summed E-state index contributed by atoms with van der Waals surface area (Å²) in [5, 5.41) is 2.56. The van der Waals surface area contributed by atoms with Gasteiger partial charge in [-0.3, -0.25) is 9.69 Å². The van der Waals surface area contributed by atoms with E-state index in [0.717, 1.165) is 10.5 Å². The Labute approximate surface area is 135 Å². The fourth-order valence-corrected chi connectivity index (χ4v) is 2.19. The number of amides is 3. The van der Waals surface area contributed by atoms with Gasteiger partial charge in [-0.25, -0.2) is 4.79 Å². The van der Waals surface area contributed by atoms with E-state index in [4.69, 9.17) is 9.47 Å². The highest BCUT2D eigenvalue weighted by atomic mass is 16.5. The van der Waals surface area contributed by atoms with Crippen LogP contribution in [0.2, 0.25) is 0 Å². The molecule has 6 heteroatoms. The van der Waals surface area contributed by atoms with Crippen LogP contribution in [0, 0.1) is 0 Å². The second kappa shape index (κ2) is 7.49. The molecular formula is C17H20N2O4. The van der Waals surface area contributed by atoms with E-state index < -0.39 is 6.03 Å². The van der Waals surface area contributed by atoms with E-state index >= 15 is 0 Å². The summed E-state index contributed by atoms with van der Waals surface area (Å²) in [7, 11) is 0. The van der Waals surface area contributed by atoms with Gasteiger partial charge in [0.2, 0.25) is 0 Å². The van der Waals surface area contributed by atoms with Crippen LogP contribution >= 0.6 is 0 Å². The number of ether oxygens (including phenoxy) is 2. The van der Waals surface area contributed by atoms with Crippen molar-refractivity contribution in [3.63, 3.8) is 0 Å². The lowest BCUT2D eigenvalue weighted by Crippen LogP contribution is -2.30. The molecule has 0 bridgehead atoms. The minimum Gasteiger partial charge on any atom is -0.490 e. The minimum absolute atomic E-state index is 0.176. The maximum atomic E-state index is 12.2. The Kier molecular flexibility index (Phi) is 5.41. The zero-order valence-electron chi connectivity index (χ0n) is 13.3. The van der Waals surface area contributed by atoms with Crippen LogP contribution < -0.4 is 14.8 Å². The van der Waals surface area contributed by atoms with Gasteiger partial charge in [-0.15, -0.1) is 6.58 Å². The number of nitrogens with zero attached hydrogens (tertiary/aromatic N) is 1. The molecule has 0 atom stereocenters. The van der Waals surface area contributed by atoms with E-state index in [1.165, 1.54) is 6.08 Å². The Morgan fingerprint density at radius 1 is 1.17 bits per heavy atom. The second-order valence-corrected chi connectivity index (χ2v) is 4.76. The molecule has 1 N–H and O–H groups in total. The molecule has 1 fully saturated rings. The summed E-state index contributed by atoms with van der Waals surface area (Å²) in [6.45, 7) is 8.53. The molecule has 0 aromatic heterocycles. The van der Waals surface area contributed by atoms with Crippen LogP contribution in [0.25, 0.3) is 6.08 Å². The van der Waals surface area contributed by atoms with E-state index in [1.807, 2.05) is 13.8 Å². The Balaban J connectivity index is 2.28. The number of carbonyl (C=O) groups excluding carboxylic acids is 2. The van der Waals surface area contributed by atoms with E-state index in [1.54, 1.807) is 24.3 Å². The molecule has 1 heterocycles. The quantitative estimate of drug-likeness (QED) is 0.477. The van der Waals surface area contributed by atoms with Gasteiger partial charge in [0.05, 0.1) is 13.2 Å². The number of benzene rings is 1. The monoisotopic (exact) mass is 316 g/mol. The van der Waals surface area contributed by atoms with Crippen LogP contribution in [-0.4, -0.2) is 36.6 Å². The number of urea groups is 1. The van der Waals surface area contributed by atoms with E-state index in [0.29, 0.717) is 24.7 Å².